The van der Waals surface area contributed by atoms with Gasteiger partial charge in [-0.3, -0.25) is 14.6 Å². The fraction of sp³-hybridized carbons (Fsp3) is 0.188. The van der Waals surface area contributed by atoms with E-state index in [1.54, 1.807) is 22.6 Å². The average Bonchev–Trinajstić information content (AvgIpc) is 3.14. The Morgan fingerprint density at radius 3 is 2.83 bits per heavy atom. The maximum atomic E-state index is 12.0. The molecule has 0 radical (unpaired) electrons. The Hall–Kier alpha value is -2.25. The van der Waals surface area contributed by atoms with Gasteiger partial charge in [0.25, 0.3) is 0 Å². The van der Waals surface area contributed by atoms with E-state index in [0.29, 0.717) is 10.8 Å². The van der Waals surface area contributed by atoms with Gasteiger partial charge in [-0.25, -0.2) is 0 Å². The molecule has 8 heteroatoms. The first-order valence-electron chi connectivity index (χ1n) is 7.36. The lowest BCUT2D eigenvalue weighted by Crippen LogP contribution is -2.15. The summed E-state index contributed by atoms with van der Waals surface area (Å²) in [6.07, 6.45) is 3.62. The van der Waals surface area contributed by atoms with Crippen molar-refractivity contribution >= 4 is 35.1 Å². The molecule has 0 aliphatic carbocycles. The number of halogens is 1. The number of benzene rings is 1. The van der Waals surface area contributed by atoms with E-state index in [-0.39, 0.29) is 11.2 Å². The highest BCUT2D eigenvalue weighted by molar-refractivity contribution is 8.00. The lowest BCUT2D eigenvalue weighted by molar-refractivity contribution is -0.113. The van der Waals surface area contributed by atoms with Crippen molar-refractivity contribution in [1.29, 1.82) is 0 Å². The van der Waals surface area contributed by atoms with Gasteiger partial charge in [0, 0.05) is 23.2 Å². The second-order valence-electron chi connectivity index (χ2n) is 5.52. The van der Waals surface area contributed by atoms with Crippen LogP contribution in [0, 0.1) is 0 Å². The van der Waals surface area contributed by atoms with E-state index in [4.69, 9.17) is 11.6 Å². The number of carbonyl (C=O) groups excluding carboxylic acids is 1. The van der Waals surface area contributed by atoms with Crippen molar-refractivity contribution in [2.45, 2.75) is 5.25 Å². The monoisotopic (exact) mass is 359 g/mol. The maximum absolute atomic E-state index is 12.0. The van der Waals surface area contributed by atoms with Gasteiger partial charge in [0.15, 0.2) is 0 Å². The van der Waals surface area contributed by atoms with Crippen LogP contribution in [-0.2, 0) is 11.8 Å². The first kappa shape index (κ1) is 15.3. The molecule has 2 N–H and O–H groups in total. The van der Waals surface area contributed by atoms with Crippen LogP contribution >= 0.6 is 23.4 Å². The summed E-state index contributed by atoms with van der Waals surface area (Å²) in [5, 5.41) is 15.2. The van der Waals surface area contributed by atoms with E-state index in [9.17, 15) is 4.79 Å². The number of nitrogens with one attached hydrogen (secondary N) is 2. The number of aryl methyl sites for hydroxylation is 1. The minimum atomic E-state index is -0.0305. The van der Waals surface area contributed by atoms with Crippen LogP contribution in [0.2, 0.25) is 5.02 Å². The molecule has 1 aliphatic heterocycles. The summed E-state index contributed by atoms with van der Waals surface area (Å²) in [4.78, 5) is 12.0. The van der Waals surface area contributed by atoms with Gasteiger partial charge in [0.05, 0.1) is 29.1 Å². The van der Waals surface area contributed by atoms with Crippen molar-refractivity contribution in [3.8, 4) is 11.3 Å². The number of carbonyl (C=O) groups is 1. The van der Waals surface area contributed by atoms with E-state index in [1.807, 2.05) is 37.5 Å². The number of hydrogen-bond donors (Lipinski definition) is 2. The Morgan fingerprint density at radius 1 is 1.25 bits per heavy atom. The smallest absolute Gasteiger partial charge is 0.235 e. The Morgan fingerprint density at radius 2 is 2.04 bits per heavy atom. The molecule has 0 saturated carbocycles. The number of fused-ring (bicyclic) bond motifs is 1. The van der Waals surface area contributed by atoms with E-state index < -0.39 is 0 Å². The third-order valence-corrected chi connectivity index (χ3v) is 5.49. The highest BCUT2D eigenvalue weighted by atomic mass is 35.5. The molecule has 0 saturated heterocycles. The third kappa shape index (κ3) is 2.59. The summed E-state index contributed by atoms with van der Waals surface area (Å²) < 4.78 is 1.69. The van der Waals surface area contributed by atoms with Crippen molar-refractivity contribution in [2.75, 3.05) is 11.1 Å². The molecule has 1 aromatic carbocycles. The van der Waals surface area contributed by atoms with Crippen LogP contribution in [0.15, 0.2) is 36.7 Å². The summed E-state index contributed by atoms with van der Waals surface area (Å²) in [5.74, 6) is 1.09. The van der Waals surface area contributed by atoms with Gasteiger partial charge in [-0.05, 0) is 17.7 Å². The molecule has 1 amide bonds. The van der Waals surface area contributed by atoms with Gasteiger partial charge >= 0.3 is 0 Å². The number of thioether (sulfide) groups is 1. The third-order valence-electron chi connectivity index (χ3n) is 3.97. The van der Waals surface area contributed by atoms with Crippen LogP contribution in [0.5, 0.6) is 0 Å². The first-order chi connectivity index (χ1) is 11.6. The zero-order valence-electron chi connectivity index (χ0n) is 12.8. The Bertz CT molecular complexity index is 902. The predicted molar refractivity (Wildman–Crippen MR) is 95.2 cm³/mol. The number of aromatic amines is 1. The quantitative estimate of drug-likeness (QED) is 0.736. The fourth-order valence-corrected chi connectivity index (χ4v) is 4.04. The standard InChI is InChI=1S/C16H14ClN5OS/c1-22-16-12(7-19-22)15(24-8-13(23)20-16)11-6-18-21-14(11)9-2-4-10(17)5-3-9/h2-7,15H,8H2,1H3,(H,18,21)(H,20,23)/t15-/m0/s1. The van der Waals surface area contributed by atoms with Gasteiger partial charge < -0.3 is 5.32 Å². The van der Waals surface area contributed by atoms with Crippen LogP contribution < -0.4 is 5.32 Å². The van der Waals surface area contributed by atoms with Gasteiger partial charge in [-0.1, -0.05) is 23.7 Å². The average molecular weight is 360 g/mol. The Kier molecular flexibility index (Phi) is 3.82. The number of nitrogens with zero attached hydrogens (tertiary/aromatic N) is 3. The molecule has 2 aromatic heterocycles. The Balaban J connectivity index is 1.81. The molecule has 0 spiro atoms. The molecule has 122 valence electrons. The summed E-state index contributed by atoms with van der Waals surface area (Å²) in [7, 11) is 1.82. The molecular formula is C16H14ClN5OS. The van der Waals surface area contributed by atoms with Crippen LogP contribution in [0.1, 0.15) is 16.4 Å². The second kappa shape index (κ2) is 5.99. The molecule has 24 heavy (non-hydrogen) atoms. The zero-order chi connectivity index (χ0) is 16.7. The van der Waals surface area contributed by atoms with Gasteiger partial charge in [-0.15, -0.1) is 11.8 Å². The molecule has 0 fully saturated rings. The van der Waals surface area contributed by atoms with E-state index >= 15 is 0 Å². The van der Waals surface area contributed by atoms with Crippen molar-refractivity contribution in [2.24, 2.45) is 7.05 Å². The molecule has 3 aromatic rings. The number of hydrogen-bond acceptors (Lipinski definition) is 4. The number of anilines is 1. The van der Waals surface area contributed by atoms with Gasteiger partial charge in [0.2, 0.25) is 5.91 Å². The highest BCUT2D eigenvalue weighted by Crippen LogP contribution is 2.43. The Labute approximate surface area is 147 Å². The molecule has 3 heterocycles. The van der Waals surface area contributed by atoms with Gasteiger partial charge in [0.1, 0.15) is 5.82 Å². The maximum Gasteiger partial charge on any atom is 0.235 e. The molecular weight excluding hydrogens is 346 g/mol. The van der Waals surface area contributed by atoms with Gasteiger partial charge in [-0.2, -0.15) is 10.2 Å². The number of amides is 1. The van der Waals surface area contributed by atoms with E-state index in [1.165, 1.54) is 0 Å². The van der Waals surface area contributed by atoms with Crippen LogP contribution in [0.4, 0.5) is 5.82 Å². The largest absolute Gasteiger partial charge is 0.310 e. The molecule has 1 aliphatic rings. The summed E-state index contributed by atoms with van der Waals surface area (Å²) in [6, 6.07) is 7.60. The number of aromatic nitrogens is 4. The van der Waals surface area contributed by atoms with E-state index in [2.05, 4.69) is 20.6 Å². The summed E-state index contributed by atoms with van der Waals surface area (Å²) in [6.45, 7) is 0. The first-order valence-corrected chi connectivity index (χ1v) is 8.78. The van der Waals surface area contributed by atoms with Crippen molar-refractivity contribution in [1.82, 2.24) is 20.0 Å². The van der Waals surface area contributed by atoms with Crippen molar-refractivity contribution in [3.05, 3.63) is 52.8 Å². The molecule has 0 unspecified atom stereocenters. The molecule has 1 atom stereocenters. The predicted octanol–water partition coefficient (Wildman–Crippen LogP) is 3.24. The minimum absolute atomic E-state index is 0.0242. The minimum Gasteiger partial charge on any atom is -0.310 e. The lowest BCUT2D eigenvalue weighted by Gasteiger charge is -2.14. The summed E-state index contributed by atoms with van der Waals surface area (Å²) in [5.41, 5.74) is 3.92. The molecule has 0 bridgehead atoms. The van der Waals surface area contributed by atoms with Crippen molar-refractivity contribution in [3.63, 3.8) is 0 Å². The van der Waals surface area contributed by atoms with Crippen LogP contribution in [0.25, 0.3) is 11.3 Å². The normalized spacial score (nSPS) is 17.2. The SMILES string of the molecule is Cn1ncc2c1NC(=O)CS[C@H]2c1cn[nH]c1-c1ccc(Cl)cc1. The molecule has 6 nitrogen and oxygen atoms in total. The molecule has 4 rings (SSSR count). The van der Waals surface area contributed by atoms with Crippen LogP contribution in [-0.4, -0.2) is 31.6 Å². The lowest BCUT2D eigenvalue weighted by atomic mass is 10.0. The second-order valence-corrected chi connectivity index (χ2v) is 7.05. The van der Waals surface area contributed by atoms with Crippen molar-refractivity contribution < 1.29 is 4.79 Å². The highest BCUT2D eigenvalue weighted by Gasteiger charge is 2.29. The van der Waals surface area contributed by atoms with E-state index in [0.717, 1.165) is 28.2 Å². The fourth-order valence-electron chi connectivity index (χ4n) is 2.82. The zero-order valence-corrected chi connectivity index (χ0v) is 14.4. The topological polar surface area (TPSA) is 75.6 Å². The summed E-state index contributed by atoms with van der Waals surface area (Å²) >= 11 is 7.55. The van der Waals surface area contributed by atoms with Crippen LogP contribution in [0.3, 0.4) is 0 Å². The number of H-pyrrole nitrogens is 1. The number of rotatable bonds is 2.